The molecule has 1 fully saturated rings. The highest BCUT2D eigenvalue weighted by Gasteiger charge is 2.29. The summed E-state index contributed by atoms with van der Waals surface area (Å²) in [5.41, 5.74) is 0. The standard InChI is InChI=1S/C9H20N2O4S/c1-8(9(14-2)15-3)10-16(12,13)11-6-4-5-7-11/h8-10H,4-7H2,1-3H3. The first-order valence-corrected chi connectivity index (χ1v) is 6.78. The largest absolute Gasteiger partial charge is 0.354 e. The highest BCUT2D eigenvalue weighted by Crippen LogP contribution is 2.12. The summed E-state index contributed by atoms with van der Waals surface area (Å²) in [5.74, 6) is 0. The lowest BCUT2D eigenvalue weighted by atomic mass is 10.3. The maximum absolute atomic E-state index is 11.9. The van der Waals surface area contributed by atoms with E-state index in [-0.39, 0.29) is 0 Å². The lowest BCUT2D eigenvalue weighted by Crippen LogP contribution is -2.48. The number of hydrogen-bond donors (Lipinski definition) is 1. The van der Waals surface area contributed by atoms with Crippen LogP contribution in [0.3, 0.4) is 0 Å². The van der Waals surface area contributed by atoms with E-state index in [9.17, 15) is 8.42 Å². The van der Waals surface area contributed by atoms with Gasteiger partial charge in [0.15, 0.2) is 6.29 Å². The molecule has 1 N–H and O–H groups in total. The lowest BCUT2D eigenvalue weighted by molar-refractivity contribution is -0.115. The summed E-state index contributed by atoms with van der Waals surface area (Å²) in [4.78, 5) is 0. The monoisotopic (exact) mass is 252 g/mol. The molecule has 0 aliphatic carbocycles. The van der Waals surface area contributed by atoms with Crippen molar-refractivity contribution < 1.29 is 17.9 Å². The zero-order valence-corrected chi connectivity index (χ0v) is 10.8. The number of ether oxygens (including phenoxy) is 2. The summed E-state index contributed by atoms with van der Waals surface area (Å²) in [5, 5.41) is 0. The number of hydrogen-bond acceptors (Lipinski definition) is 4. The van der Waals surface area contributed by atoms with E-state index in [4.69, 9.17) is 9.47 Å². The normalized spacial score (nSPS) is 20.5. The van der Waals surface area contributed by atoms with Crippen LogP contribution in [0.1, 0.15) is 19.8 Å². The Labute approximate surface area is 97.1 Å². The third-order valence-electron chi connectivity index (χ3n) is 2.61. The second kappa shape index (κ2) is 5.92. The maximum atomic E-state index is 11.9. The number of methoxy groups -OCH3 is 2. The van der Waals surface area contributed by atoms with Crippen molar-refractivity contribution in [1.82, 2.24) is 9.03 Å². The Morgan fingerprint density at radius 2 is 1.69 bits per heavy atom. The quantitative estimate of drug-likeness (QED) is 0.672. The summed E-state index contributed by atoms with van der Waals surface area (Å²) in [6.45, 7) is 2.89. The molecule has 7 heteroatoms. The number of rotatable bonds is 6. The predicted molar refractivity (Wildman–Crippen MR) is 60.1 cm³/mol. The van der Waals surface area contributed by atoms with Crippen LogP contribution in [0.2, 0.25) is 0 Å². The second-order valence-corrected chi connectivity index (χ2v) is 5.56. The maximum Gasteiger partial charge on any atom is 0.279 e. The van der Waals surface area contributed by atoms with Crippen molar-refractivity contribution in [2.75, 3.05) is 27.3 Å². The molecule has 1 saturated heterocycles. The average molecular weight is 252 g/mol. The van der Waals surface area contributed by atoms with Crippen LogP contribution in [0.15, 0.2) is 0 Å². The Balaban J connectivity index is 2.57. The summed E-state index contributed by atoms with van der Waals surface area (Å²) in [6, 6.07) is -0.416. The minimum atomic E-state index is -3.40. The van der Waals surface area contributed by atoms with Gasteiger partial charge in [0.05, 0.1) is 6.04 Å². The average Bonchev–Trinajstić information content (AvgIpc) is 2.71. The van der Waals surface area contributed by atoms with E-state index in [1.807, 2.05) is 0 Å². The van der Waals surface area contributed by atoms with Crippen molar-refractivity contribution in [2.24, 2.45) is 0 Å². The Bertz CT molecular complexity index is 297. The molecule has 0 amide bonds. The molecule has 1 heterocycles. The fourth-order valence-corrected chi connectivity index (χ4v) is 3.27. The molecule has 0 bridgehead atoms. The lowest BCUT2D eigenvalue weighted by Gasteiger charge is -2.24. The minimum Gasteiger partial charge on any atom is -0.354 e. The van der Waals surface area contributed by atoms with Crippen LogP contribution >= 0.6 is 0 Å². The van der Waals surface area contributed by atoms with Gasteiger partial charge in [0.1, 0.15) is 0 Å². The fraction of sp³-hybridized carbons (Fsp3) is 1.00. The molecule has 0 radical (unpaired) electrons. The second-order valence-electron chi connectivity index (χ2n) is 3.86. The Kier molecular flexibility index (Phi) is 5.13. The highest BCUT2D eigenvalue weighted by molar-refractivity contribution is 7.87. The number of nitrogens with zero attached hydrogens (tertiary/aromatic N) is 1. The van der Waals surface area contributed by atoms with Gasteiger partial charge in [0.2, 0.25) is 0 Å². The van der Waals surface area contributed by atoms with Crippen molar-refractivity contribution in [3.8, 4) is 0 Å². The van der Waals surface area contributed by atoms with Crippen molar-refractivity contribution in [3.63, 3.8) is 0 Å². The molecule has 1 aliphatic rings. The molecule has 1 unspecified atom stereocenters. The summed E-state index contributed by atoms with van der Waals surface area (Å²) < 4.78 is 37.8. The molecule has 0 spiro atoms. The van der Waals surface area contributed by atoms with E-state index < -0.39 is 22.5 Å². The van der Waals surface area contributed by atoms with E-state index in [1.165, 1.54) is 18.5 Å². The van der Waals surface area contributed by atoms with Crippen LogP contribution in [0.4, 0.5) is 0 Å². The van der Waals surface area contributed by atoms with Crippen molar-refractivity contribution in [2.45, 2.75) is 32.1 Å². The highest BCUT2D eigenvalue weighted by atomic mass is 32.2. The molecular weight excluding hydrogens is 232 g/mol. The number of nitrogens with one attached hydrogen (secondary N) is 1. The van der Waals surface area contributed by atoms with Gasteiger partial charge >= 0.3 is 0 Å². The fourth-order valence-electron chi connectivity index (χ4n) is 1.80. The van der Waals surface area contributed by atoms with Gasteiger partial charge in [-0.25, -0.2) is 0 Å². The summed E-state index contributed by atoms with van der Waals surface area (Å²) in [7, 11) is -0.439. The van der Waals surface area contributed by atoms with Gasteiger partial charge in [0.25, 0.3) is 10.2 Å². The van der Waals surface area contributed by atoms with Gasteiger partial charge in [0, 0.05) is 27.3 Å². The molecule has 1 atom stereocenters. The van der Waals surface area contributed by atoms with Crippen LogP contribution in [0.25, 0.3) is 0 Å². The molecule has 96 valence electrons. The topological polar surface area (TPSA) is 67.9 Å². The third kappa shape index (κ3) is 3.39. The SMILES string of the molecule is COC(OC)C(C)NS(=O)(=O)N1CCCC1. The van der Waals surface area contributed by atoms with Gasteiger partial charge in [-0.05, 0) is 19.8 Å². The van der Waals surface area contributed by atoms with Crippen LogP contribution in [-0.4, -0.2) is 52.4 Å². The van der Waals surface area contributed by atoms with Gasteiger partial charge < -0.3 is 9.47 Å². The first kappa shape index (κ1) is 13.9. The molecule has 16 heavy (non-hydrogen) atoms. The van der Waals surface area contributed by atoms with E-state index in [0.717, 1.165) is 12.8 Å². The zero-order chi connectivity index (χ0) is 12.2. The third-order valence-corrected chi connectivity index (χ3v) is 4.33. The molecular formula is C9H20N2O4S. The minimum absolute atomic E-state index is 0.416. The van der Waals surface area contributed by atoms with Crippen molar-refractivity contribution in [3.05, 3.63) is 0 Å². The van der Waals surface area contributed by atoms with E-state index in [1.54, 1.807) is 6.92 Å². The van der Waals surface area contributed by atoms with Crippen LogP contribution in [0, 0.1) is 0 Å². The van der Waals surface area contributed by atoms with Crippen molar-refractivity contribution in [1.29, 1.82) is 0 Å². The first-order chi connectivity index (χ1) is 7.51. The molecule has 1 rings (SSSR count). The smallest absolute Gasteiger partial charge is 0.279 e. The van der Waals surface area contributed by atoms with Gasteiger partial charge in [-0.15, -0.1) is 0 Å². The van der Waals surface area contributed by atoms with Gasteiger partial charge in [-0.1, -0.05) is 0 Å². The molecule has 0 aromatic carbocycles. The molecule has 6 nitrogen and oxygen atoms in total. The Morgan fingerprint density at radius 3 is 2.12 bits per heavy atom. The molecule has 0 aromatic heterocycles. The van der Waals surface area contributed by atoms with Crippen LogP contribution < -0.4 is 4.72 Å². The molecule has 0 aromatic rings. The predicted octanol–water partition coefficient (Wildman–Crippen LogP) is -0.0760. The van der Waals surface area contributed by atoms with Crippen molar-refractivity contribution >= 4 is 10.2 Å². The molecule has 1 aliphatic heterocycles. The van der Waals surface area contributed by atoms with Crippen LogP contribution in [-0.2, 0) is 19.7 Å². The summed E-state index contributed by atoms with van der Waals surface area (Å²) in [6.07, 6.45) is 1.28. The van der Waals surface area contributed by atoms with Gasteiger partial charge in [-0.2, -0.15) is 17.4 Å². The van der Waals surface area contributed by atoms with Crippen LogP contribution in [0.5, 0.6) is 0 Å². The van der Waals surface area contributed by atoms with E-state index in [0.29, 0.717) is 13.1 Å². The van der Waals surface area contributed by atoms with Gasteiger partial charge in [-0.3, -0.25) is 0 Å². The Morgan fingerprint density at radius 1 is 1.19 bits per heavy atom. The zero-order valence-electron chi connectivity index (χ0n) is 9.97. The summed E-state index contributed by atoms with van der Waals surface area (Å²) >= 11 is 0. The first-order valence-electron chi connectivity index (χ1n) is 5.34. The Hall–Kier alpha value is -0.210. The molecule has 0 saturated carbocycles. The van der Waals surface area contributed by atoms with E-state index >= 15 is 0 Å². The van der Waals surface area contributed by atoms with E-state index in [2.05, 4.69) is 4.72 Å².